The fourth-order valence-electron chi connectivity index (χ4n) is 2.39. The monoisotopic (exact) mass is 283 g/mol. The number of nitrogens with two attached hydrogens (primary N) is 1. The number of nitrogens with zero attached hydrogens (tertiary/aromatic N) is 1. The predicted octanol–water partition coefficient (Wildman–Crippen LogP) is 1.13. The van der Waals surface area contributed by atoms with E-state index in [1.807, 2.05) is 18.7 Å². The molecular weight excluding hydrogens is 254 g/mol. The third kappa shape index (κ3) is 4.47. The third-order valence-electron chi connectivity index (χ3n) is 4.07. The van der Waals surface area contributed by atoms with Gasteiger partial charge in [-0.15, -0.1) is 0 Å². The molecule has 5 nitrogen and oxygen atoms in total. The van der Waals surface area contributed by atoms with Crippen LogP contribution in [-0.4, -0.2) is 42.9 Å². The normalized spacial score (nSPS) is 17.1. The fourth-order valence-corrected chi connectivity index (χ4v) is 2.39. The van der Waals surface area contributed by atoms with Gasteiger partial charge in [-0.1, -0.05) is 13.3 Å². The Morgan fingerprint density at radius 3 is 2.40 bits per heavy atom. The topological polar surface area (TPSA) is 75.4 Å². The van der Waals surface area contributed by atoms with Crippen molar-refractivity contribution in [3.63, 3.8) is 0 Å². The summed E-state index contributed by atoms with van der Waals surface area (Å²) in [5, 5.41) is 2.98. The van der Waals surface area contributed by atoms with E-state index in [1.54, 1.807) is 0 Å². The molecule has 1 aliphatic heterocycles. The first-order chi connectivity index (χ1) is 9.42. The highest BCUT2D eigenvalue weighted by Gasteiger charge is 2.34. The molecule has 20 heavy (non-hydrogen) atoms. The first-order valence-corrected chi connectivity index (χ1v) is 7.69. The maximum atomic E-state index is 12.3. The fraction of sp³-hybridized carbons (Fsp3) is 0.867. The van der Waals surface area contributed by atoms with E-state index in [9.17, 15) is 9.59 Å². The number of rotatable bonds is 6. The second-order valence-electron chi connectivity index (χ2n) is 6.30. The molecule has 0 spiro atoms. The molecule has 3 N–H and O–H groups in total. The quantitative estimate of drug-likeness (QED) is 0.717. The molecule has 0 saturated carbocycles. The number of amides is 2. The van der Waals surface area contributed by atoms with E-state index in [-0.39, 0.29) is 17.7 Å². The van der Waals surface area contributed by atoms with Crippen molar-refractivity contribution in [1.82, 2.24) is 10.2 Å². The number of likely N-dealkylation sites (tertiary alicyclic amines) is 1. The van der Waals surface area contributed by atoms with Gasteiger partial charge in [-0.05, 0) is 33.1 Å². The SMILES string of the molecule is CCCCNC(=O)C1CCN(C(=O)C(C)(C)CN)CC1. The van der Waals surface area contributed by atoms with Crippen LogP contribution in [0.25, 0.3) is 0 Å². The van der Waals surface area contributed by atoms with E-state index in [0.29, 0.717) is 19.6 Å². The molecule has 5 heteroatoms. The van der Waals surface area contributed by atoms with Crippen LogP contribution < -0.4 is 11.1 Å². The van der Waals surface area contributed by atoms with Crippen molar-refractivity contribution in [3.8, 4) is 0 Å². The van der Waals surface area contributed by atoms with Crippen molar-refractivity contribution in [1.29, 1.82) is 0 Å². The number of hydrogen-bond acceptors (Lipinski definition) is 3. The number of carbonyl (C=O) groups excluding carboxylic acids is 2. The van der Waals surface area contributed by atoms with Crippen LogP contribution in [0.1, 0.15) is 46.5 Å². The maximum absolute atomic E-state index is 12.3. The van der Waals surface area contributed by atoms with Crippen LogP contribution in [0.5, 0.6) is 0 Å². The summed E-state index contributed by atoms with van der Waals surface area (Å²) in [4.78, 5) is 26.1. The summed E-state index contributed by atoms with van der Waals surface area (Å²) >= 11 is 0. The summed E-state index contributed by atoms with van der Waals surface area (Å²) in [6, 6.07) is 0. The van der Waals surface area contributed by atoms with E-state index >= 15 is 0 Å². The number of unbranched alkanes of at least 4 members (excludes halogenated alkanes) is 1. The molecule has 0 aromatic carbocycles. The molecule has 0 bridgehead atoms. The largest absolute Gasteiger partial charge is 0.356 e. The molecule has 0 aromatic rings. The van der Waals surface area contributed by atoms with E-state index in [1.165, 1.54) is 0 Å². The van der Waals surface area contributed by atoms with Gasteiger partial charge in [0.15, 0.2) is 0 Å². The van der Waals surface area contributed by atoms with Gasteiger partial charge in [0.1, 0.15) is 0 Å². The van der Waals surface area contributed by atoms with E-state index in [4.69, 9.17) is 5.73 Å². The number of piperidine rings is 1. The lowest BCUT2D eigenvalue weighted by atomic mass is 9.89. The van der Waals surface area contributed by atoms with Crippen LogP contribution in [0.4, 0.5) is 0 Å². The van der Waals surface area contributed by atoms with Crippen molar-refractivity contribution in [2.45, 2.75) is 46.5 Å². The highest BCUT2D eigenvalue weighted by atomic mass is 16.2. The van der Waals surface area contributed by atoms with E-state index in [2.05, 4.69) is 12.2 Å². The Balaban J connectivity index is 2.40. The maximum Gasteiger partial charge on any atom is 0.229 e. The van der Waals surface area contributed by atoms with Crippen molar-refractivity contribution in [3.05, 3.63) is 0 Å². The van der Waals surface area contributed by atoms with E-state index in [0.717, 1.165) is 32.2 Å². The zero-order valence-electron chi connectivity index (χ0n) is 13.1. The molecular formula is C15H29N3O2. The Bertz CT molecular complexity index is 334. The summed E-state index contributed by atoms with van der Waals surface area (Å²) in [6.07, 6.45) is 3.61. The Kier molecular flexibility index (Phi) is 6.46. The second-order valence-corrected chi connectivity index (χ2v) is 6.30. The van der Waals surface area contributed by atoms with Gasteiger partial charge in [0, 0.05) is 32.1 Å². The summed E-state index contributed by atoms with van der Waals surface area (Å²) in [5.41, 5.74) is 5.14. The lowest BCUT2D eigenvalue weighted by molar-refractivity contribution is -0.142. The predicted molar refractivity (Wildman–Crippen MR) is 80.1 cm³/mol. The molecule has 0 atom stereocenters. The average Bonchev–Trinajstić information content (AvgIpc) is 2.46. The van der Waals surface area contributed by atoms with Gasteiger partial charge in [-0.3, -0.25) is 9.59 Å². The van der Waals surface area contributed by atoms with Crippen LogP contribution in [-0.2, 0) is 9.59 Å². The molecule has 0 aliphatic carbocycles. The molecule has 1 saturated heterocycles. The van der Waals surface area contributed by atoms with Gasteiger partial charge < -0.3 is 16.0 Å². The lowest BCUT2D eigenvalue weighted by Crippen LogP contribution is -2.49. The van der Waals surface area contributed by atoms with Crippen LogP contribution in [0, 0.1) is 11.3 Å². The van der Waals surface area contributed by atoms with Crippen molar-refractivity contribution < 1.29 is 9.59 Å². The van der Waals surface area contributed by atoms with E-state index < -0.39 is 5.41 Å². The van der Waals surface area contributed by atoms with Crippen LogP contribution in [0.15, 0.2) is 0 Å². The van der Waals surface area contributed by atoms with Crippen molar-refractivity contribution in [2.75, 3.05) is 26.2 Å². The Morgan fingerprint density at radius 2 is 1.90 bits per heavy atom. The first-order valence-electron chi connectivity index (χ1n) is 7.69. The zero-order chi connectivity index (χ0) is 15.2. The summed E-state index contributed by atoms with van der Waals surface area (Å²) in [7, 11) is 0. The molecule has 0 aromatic heterocycles. The standard InChI is InChI=1S/C15H29N3O2/c1-4-5-8-17-13(19)12-6-9-18(10-7-12)14(20)15(2,3)11-16/h12H,4-11,16H2,1-3H3,(H,17,19). The van der Waals surface area contributed by atoms with Gasteiger partial charge in [-0.2, -0.15) is 0 Å². The number of carbonyl (C=O) groups is 2. The van der Waals surface area contributed by atoms with Crippen molar-refractivity contribution >= 4 is 11.8 Å². The Hall–Kier alpha value is -1.10. The van der Waals surface area contributed by atoms with Gasteiger partial charge >= 0.3 is 0 Å². The Morgan fingerprint density at radius 1 is 1.30 bits per heavy atom. The minimum Gasteiger partial charge on any atom is -0.356 e. The molecule has 1 heterocycles. The second kappa shape index (κ2) is 7.62. The highest BCUT2D eigenvalue weighted by Crippen LogP contribution is 2.23. The average molecular weight is 283 g/mol. The summed E-state index contributed by atoms with van der Waals surface area (Å²) < 4.78 is 0. The molecule has 1 aliphatic rings. The molecule has 1 fully saturated rings. The summed E-state index contributed by atoms with van der Waals surface area (Å²) in [6.45, 7) is 8.29. The zero-order valence-corrected chi connectivity index (χ0v) is 13.1. The van der Waals surface area contributed by atoms with Crippen molar-refractivity contribution in [2.24, 2.45) is 17.1 Å². The molecule has 0 radical (unpaired) electrons. The van der Waals surface area contributed by atoms with Crippen LogP contribution in [0.2, 0.25) is 0 Å². The molecule has 0 unspecified atom stereocenters. The van der Waals surface area contributed by atoms with Gasteiger partial charge in [0.05, 0.1) is 5.41 Å². The molecule has 2 amide bonds. The molecule has 1 rings (SSSR count). The number of nitrogens with one attached hydrogen (secondary N) is 1. The van der Waals surface area contributed by atoms with Gasteiger partial charge in [0.2, 0.25) is 11.8 Å². The Labute approximate surface area is 122 Å². The molecule has 116 valence electrons. The van der Waals surface area contributed by atoms with Crippen LogP contribution >= 0.6 is 0 Å². The first kappa shape index (κ1) is 17.0. The minimum absolute atomic E-state index is 0.0527. The highest BCUT2D eigenvalue weighted by molar-refractivity contribution is 5.83. The summed E-state index contributed by atoms with van der Waals surface area (Å²) in [5.74, 6) is 0.297. The minimum atomic E-state index is -0.504. The third-order valence-corrected chi connectivity index (χ3v) is 4.07. The van der Waals surface area contributed by atoms with Crippen LogP contribution in [0.3, 0.4) is 0 Å². The number of hydrogen-bond donors (Lipinski definition) is 2. The smallest absolute Gasteiger partial charge is 0.229 e. The van der Waals surface area contributed by atoms with Gasteiger partial charge in [-0.25, -0.2) is 0 Å². The van der Waals surface area contributed by atoms with Gasteiger partial charge in [0.25, 0.3) is 0 Å². The lowest BCUT2D eigenvalue weighted by Gasteiger charge is -2.36.